The zero-order valence-electron chi connectivity index (χ0n) is 21.3. The number of carbonyl (C=O) groups is 2. The first-order valence-corrected chi connectivity index (χ1v) is 14.4. The minimum Gasteiger partial charge on any atom is -0.449 e. The van der Waals surface area contributed by atoms with Crippen LogP contribution in [0, 0.1) is 0 Å². The van der Waals surface area contributed by atoms with E-state index in [1.807, 2.05) is 66.7 Å². The van der Waals surface area contributed by atoms with Crippen LogP contribution in [-0.4, -0.2) is 49.4 Å². The van der Waals surface area contributed by atoms with E-state index in [9.17, 15) is 18.0 Å². The van der Waals surface area contributed by atoms with Gasteiger partial charge in [0.15, 0.2) is 5.72 Å². The number of amides is 2. The minimum absolute atomic E-state index is 0.0663. The van der Waals surface area contributed by atoms with Crippen LogP contribution >= 0.6 is 0 Å². The number of rotatable bonds is 8. The van der Waals surface area contributed by atoms with Gasteiger partial charge in [0.05, 0.1) is 25.3 Å². The van der Waals surface area contributed by atoms with Crippen molar-refractivity contribution in [3.8, 4) is 11.1 Å². The molecule has 1 unspecified atom stereocenters. The second kappa shape index (κ2) is 10.2. The number of nitrogens with zero attached hydrogens (tertiary/aromatic N) is 1. The molecule has 9 heteroatoms. The van der Waals surface area contributed by atoms with E-state index in [0.29, 0.717) is 0 Å². The smallest absolute Gasteiger partial charge is 0.407 e. The first kappa shape index (κ1) is 25.9. The number of nitrogens with one attached hydrogen (secondary N) is 1. The summed E-state index contributed by atoms with van der Waals surface area (Å²) >= 11 is 0. The Kier molecular flexibility index (Phi) is 6.98. The molecule has 2 amide bonds. The highest BCUT2D eigenvalue weighted by Gasteiger charge is 2.57. The third-order valence-corrected chi connectivity index (χ3v) is 8.48. The molecule has 1 saturated heterocycles. The Morgan fingerprint density at radius 1 is 0.974 bits per heavy atom. The SMILES string of the molecule is CCC1(OCc2ccccc2)[C@@H](NC(=O)OCC2c3ccccc3-c3ccccc32)CC(=O)N1S(C)(=O)=O. The van der Waals surface area contributed by atoms with Crippen LogP contribution in [0.3, 0.4) is 0 Å². The minimum atomic E-state index is -3.97. The molecule has 38 heavy (non-hydrogen) atoms. The van der Waals surface area contributed by atoms with E-state index in [1.165, 1.54) is 0 Å². The monoisotopic (exact) mass is 534 g/mol. The van der Waals surface area contributed by atoms with Gasteiger partial charge in [0.25, 0.3) is 0 Å². The van der Waals surface area contributed by atoms with Crippen molar-refractivity contribution < 1.29 is 27.5 Å². The number of carbonyl (C=O) groups excluding carboxylic acids is 2. The summed E-state index contributed by atoms with van der Waals surface area (Å²) < 4.78 is 38.0. The van der Waals surface area contributed by atoms with E-state index in [0.717, 1.165) is 38.4 Å². The Labute approximate surface area is 222 Å². The summed E-state index contributed by atoms with van der Waals surface area (Å²) in [7, 11) is -3.97. The zero-order chi connectivity index (χ0) is 26.9. The summed E-state index contributed by atoms with van der Waals surface area (Å²) in [6.07, 6.45) is 0.158. The lowest BCUT2D eigenvalue weighted by Gasteiger charge is -2.39. The van der Waals surface area contributed by atoms with Crippen molar-refractivity contribution in [2.75, 3.05) is 12.9 Å². The van der Waals surface area contributed by atoms with Crippen molar-refractivity contribution in [3.63, 3.8) is 0 Å². The molecule has 3 aromatic rings. The lowest BCUT2D eigenvalue weighted by molar-refractivity contribution is -0.149. The molecule has 1 fully saturated rings. The molecule has 0 bridgehead atoms. The molecular weight excluding hydrogens is 504 g/mol. The third-order valence-electron chi connectivity index (χ3n) is 7.30. The normalized spacial score (nSPS) is 20.7. The van der Waals surface area contributed by atoms with Gasteiger partial charge in [-0.25, -0.2) is 17.5 Å². The average molecular weight is 535 g/mol. The maximum Gasteiger partial charge on any atom is 0.407 e. The van der Waals surface area contributed by atoms with Crippen LogP contribution in [0.15, 0.2) is 78.9 Å². The summed E-state index contributed by atoms with van der Waals surface area (Å²) in [6.45, 7) is 1.89. The van der Waals surface area contributed by atoms with Crippen LogP contribution in [0.25, 0.3) is 11.1 Å². The Morgan fingerprint density at radius 3 is 2.13 bits per heavy atom. The largest absolute Gasteiger partial charge is 0.449 e. The third kappa shape index (κ3) is 4.68. The first-order chi connectivity index (χ1) is 18.2. The van der Waals surface area contributed by atoms with E-state index in [-0.39, 0.29) is 32.0 Å². The molecule has 0 spiro atoms. The van der Waals surface area contributed by atoms with Crippen LogP contribution in [0.5, 0.6) is 0 Å². The number of sulfonamides is 1. The van der Waals surface area contributed by atoms with E-state index in [1.54, 1.807) is 6.92 Å². The predicted molar refractivity (Wildman–Crippen MR) is 143 cm³/mol. The summed E-state index contributed by atoms with van der Waals surface area (Å²) in [6, 6.07) is 24.4. The molecule has 1 aliphatic carbocycles. The van der Waals surface area contributed by atoms with Crippen molar-refractivity contribution in [1.82, 2.24) is 9.62 Å². The van der Waals surface area contributed by atoms with Crippen molar-refractivity contribution in [1.29, 1.82) is 0 Å². The summed E-state index contributed by atoms with van der Waals surface area (Å²) in [5.74, 6) is -0.762. The van der Waals surface area contributed by atoms with Crippen molar-refractivity contribution in [2.45, 2.75) is 44.1 Å². The van der Waals surface area contributed by atoms with Crippen molar-refractivity contribution in [3.05, 3.63) is 95.6 Å². The maximum atomic E-state index is 13.1. The molecular formula is C29H30N2O6S. The zero-order valence-corrected chi connectivity index (χ0v) is 22.1. The Bertz CT molecular complexity index is 1410. The number of hydrogen-bond acceptors (Lipinski definition) is 6. The summed E-state index contributed by atoms with van der Waals surface area (Å²) in [5.41, 5.74) is 3.62. The summed E-state index contributed by atoms with van der Waals surface area (Å²) in [4.78, 5) is 26.0. The Balaban J connectivity index is 1.35. The highest BCUT2D eigenvalue weighted by molar-refractivity contribution is 7.89. The highest BCUT2D eigenvalue weighted by Crippen LogP contribution is 2.44. The number of hydrogen-bond donors (Lipinski definition) is 1. The Hall–Kier alpha value is -3.69. The van der Waals surface area contributed by atoms with Gasteiger partial charge in [-0.15, -0.1) is 0 Å². The topological polar surface area (TPSA) is 102 Å². The first-order valence-electron chi connectivity index (χ1n) is 12.6. The quantitative estimate of drug-likeness (QED) is 0.459. The molecule has 0 radical (unpaired) electrons. The van der Waals surface area contributed by atoms with Gasteiger partial charge in [-0.05, 0) is 34.2 Å². The van der Waals surface area contributed by atoms with Gasteiger partial charge in [-0.3, -0.25) is 4.79 Å². The van der Waals surface area contributed by atoms with E-state index < -0.39 is 33.8 Å². The lowest BCUT2D eigenvalue weighted by atomic mass is 9.98. The second-order valence-corrected chi connectivity index (χ2v) is 11.5. The van der Waals surface area contributed by atoms with Crippen molar-refractivity contribution in [2.24, 2.45) is 0 Å². The Morgan fingerprint density at radius 2 is 1.55 bits per heavy atom. The molecule has 1 heterocycles. The van der Waals surface area contributed by atoms with Crippen LogP contribution in [0.2, 0.25) is 0 Å². The summed E-state index contributed by atoms with van der Waals surface area (Å²) in [5, 5.41) is 2.75. The number of fused-ring (bicyclic) bond motifs is 3. The molecule has 198 valence electrons. The molecule has 5 rings (SSSR count). The van der Waals surface area contributed by atoms with Gasteiger partial charge in [0.2, 0.25) is 15.9 Å². The lowest BCUT2D eigenvalue weighted by Crippen LogP contribution is -2.59. The maximum absolute atomic E-state index is 13.1. The van der Waals surface area contributed by atoms with Crippen LogP contribution in [0.4, 0.5) is 4.79 Å². The van der Waals surface area contributed by atoms with Crippen LogP contribution in [-0.2, 0) is 30.9 Å². The molecule has 3 aromatic carbocycles. The van der Waals surface area contributed by atoms with Gasteiger partial charge in [0.1, 0.15) is 6.61 Å². The molecule has 0 aromatic heterocycles. The average Bonchev–Trinajstić information content (AvgIpc) is 3.38. The molecule has 2 aliphatic rings. The van der Waals surface area contributed by atoms with Gasteiger partial charge in [-0.1, -0.05) is 85.8 Å². The molecule has 1 N–H and O–H groups in total. The van der Waals surface area contributed by atoms with Crippen LogP contribution in [0.1, 0.15) is 42.4 Å². The van der Waals surface area contributed by atoms with E-state index >= 15 is 0 Å². The van der Waals surface area contributed by atoms with Gasteiger partial charge in [0, 0.05) is 5.92 Å². The molecule has 0 saturated carbocycles. The van der Waals surface area contributed by atoms with Gasteiger partial charge < -0.3 is 14.8 Å². The van der Waals surface area contributed by atoms with E-state index in [4.69, 9.17) is 9.47 Å². The highest BCUT2D eigenvalue weighted by atomic mass is 32.2. The standard InChI is InChI=1S/C29H30N2O6S/c1-3-29(37-18-20-11-5-4-6-12-20)26(17-27(32)31(29)38(2,34)35)30-28(33)36-19-25-23-15-9-7-13-21(23)22-14-8-10-16-24(22)25/h4-16,25-26H,3,17-19H2,1-2H3,(H,30,33)/t26-,29?/m0/s1. The fourth-order valence-electron chi connectivity index (χ4n) is 5.62. The van der Waals surface area contributed by atoms with Crippen LogP contribution < -0.4 is 5.32 Å². The number of benzene rings is 3. The van der Waals surface area contributed by atoms with Gasteiger partial charge in [-0.2, -0.15) is 0 Å². The number of ether oxygens (including phenoxy) is 2. The fraction of sp³-hybridized carbons (Fsp3) is 0.310. The van der Waals surface area contributed by atoms with Gasteiger partial charge >= 0.3 is 6.09 Å². The number of alkyl carbamates (subject to hydrolysis) is 1. The molecule has 1 aliphatic heterocycles. The molecule has 8 nitrogen and oxygen atoms in total. The second-order valence-electron chi connectivity index (χ2n) is 9.62. The molecule has 2 atom stereocenters. The van der Waals surface area contributed by atoms with E-state index in [2.05, 4.69) is 17.4 Å². The fourth-order valence-corrected chi connectivity index (χ4v) is 6.93. The van der Waals surface area contributed by atoms with Crippen molar-refractivity contribution >= 4 is 22.0 Å². The predicted octanol–water partition coefficient (Wildman–Crippen LogP) is 4.41.